The molecule has 3 heteroatoms. The predicted octanol–water partition coefficient (Wildman–Crippen LogP) is 5.27. The number of anilines is 1. The van der Waals surface area contributed by atoms with Crippen molar-refractivity contribution in [3.8, 4) is 5.75 Å². The molecule has 4 aromatic carbocycles. The van der Waals surface area contributed by atoms with E-state index in [9.17, 15) is 9.90 Å². The van der Waals surface area contributed by atoms with Gasteiger partial charge in [0.25, 0.3) is 0 Å². The Morgan fingerprint density at radius 1 is 0.667 bits per heavy atom. The van der Waals surface area contributed by atoms with E-state index in [-0.39, 0.29) is 11.7 Å². The smallest absolute Gasteiger partial charge is 0.247 e. The highest BCUT2D eigenvalue weighted by Gasteiger charge is 2.53. The summed E-state index contributed by atoms with van der Waals surface area (Å²) in [5.41, 5.74) is 3.77. The quantitative estimate of drug-likeness (QED) is 0.515. The molecule has 1 heterocycles. The number of phenols is 1. The maximum atomic E-state index is 14.2. The van der Waals surface area contributed by atoms with E-state index in [1.54, 1.807) is 12.1 Å². The van der Waals surface area contributed by atoms with E-state index < -0.39 is 5.41 Å². The second kappa shape index (κ2) is 7.20. The molecule has 0 bridgehead atoms. The molecule has 4 aromatic rings. The number of para-hydroxylation sites is 1. The van der Waals surface area contributed by atoms with Gasteiger partial charge in [-0.3, -0.25) is 4.79 Å². The molecule has 1 aliphatic heterocycles. The summed E-state index contributed by atoms with van der Waals surface area (Å²) < 4.78 is 0. The Balaban J connectivity index is 1.76. The summed E-state index contributed by atoms with van der Waals surface area (Å²) in [6.07, 6.45) is 0. The number of carbonyl (C=O) groups excluding carboxylic acids is 1. The molecule has 0 aromatic heterocycles. The zero-order valence-electron chi connectivity index (χ0n) is 16.4. The average Bonchev–Trinajstić information content (AvgIpc) is 3.04. The van der Waals surface area contributed by atoms with E-state index in [1.165, 1.54) is 0 Å². The van der Waals surface area contributed by atoms with Crippen molar-refractivity contribution >= 4 is 11.6 Å². The number of hydrogen-bond donors (Lipinski definition) is 1. The van der Waals surface area contributed by atoms with Crippen LogP contribution in [0.5, 0.6) is 5.75 Å². The summed E-state index contributed by atoms with van der Waals surface area (Å²) in [6.45, 7) is 0.503. The normalized spacial score (nSPS) is 17.7. The summed E-state index contributed by atoms with van der Waals surface area (Å²) in [6, 6.07) is 35.0. The molecular weight excluding hydrogens is 370 g/mol. The third-order valence-electron chi connectivity index (χ3n) is 5.86. The molecule has 0 spiro atoms. The monoisotopic (exact) mass is 391 g/mol. The van der Waals surface area contributed by atoms with Gasteiger partial charge in [0.2, 0.25) is 5.91 Å². The highest BCUT2D eigenvalue weighted by Crippen LogP contribution is 2.50. The number of carbonyl (C=O) groups is 1. The molecule has 1 unspecified atom stereocenters. The summed E-state index contributed by atoms with van der Waals surface area (Å²) in [7, 11) is 0. The Labute approximate surface area is 175 Å². The van der Waals surface area contributed by atoms with Gasteiger partial charge in [-0.1, -0.05) is 91.0 Å². The van der Waals surface area contributed by atoms with Crippen molar-refractivity contribution in [1.29, 1.82) is 0 Å². The lowest BCUT2D eigenvalue weighted by molar-refractivity contribution is -0.120. The van der Waals surface area contributed by atoms with Crippen LogP contribution in [0.1, 0.15) is 22.3 Å². The van der Waals surface area contributed by atoms with E-state index in [1.807, 2.05) is 102 Å². The van der Waals surface area contributed by atoms with E-state index in [4.69, 9.17) is 0 Å². The Morgan fingerprint density at radius 2 is 1.23 bits per heavy atom. The molecule has 0 radical (unpaired) electrons. The zero-order chi connectivity index (χ0) is 20.6. The molecular formula is C27H21NO2. The van der Waals surface area contributed by atoms with Gasteiger partial charge in [0.15, 0.2) is 0 Å². The summed E-state index contributed by atoms with van der Waals surface area (Å²) in [4.78, 5) is 16.1. The number of fused-ring (bicyclic) bond motifs is 1. The van der Waals surface area contributed by atoms with E-state index in [0.717, 1.165) is 27.9 Å². The highest BCUT2D eigenvalue weighted by molar-refractivity contribution is 6.12. The first kappa shape index (κ1) is 18.2. The molecule has 1 aliphatic rings. The molecule has 1 N–H and O–H groups in total. The van der Waals surface area contributed by atoms with Gasteiger partial charge in [0, 0.05) is 11.3 Å². The number of phenolic OH excluding ortho intramolecular Hbond substituents is 1. The molecule has 1 amide bonds. The number of rotatable bonds is 4. The molecule has 1 atom stereocenters. The van der Waals surface area contributed by atoms with Crippen molar-refractivity contribution in [1.82, 2.24) is 0 Å². The maximum absolute atomic E-state index is 14.2. The van der Waals surface area contributed by atoms with Crippen LogP contribution in [-0.2, 0) is 16.8 Å². The van der Waals surface area contributed by atoms with Crippen LogP contribution in [0, 0.1) is 0 Å². The zero-order valence-corrected chi connectivity index (χ0v) is 16.4. The van der Waals surface area contributed by atoms with E-state index in [2.05, 4.69) is 0 Å². The first-order valence-electron chi connectivity index (χ1n) is 10.0. The Kier molecular flexibility index (Phi) is 4.36. The second-order valence-electron chi connectivity index (χ2n) is 7.56. The first-order valence-corrected chi connectivity index (χ1v) is 10.0. The minimum atomic E-state index is -0.958. The number of benzene rings is 4. The SMILES string of the molecule is O=C1N(Cc2ccccc2)c2ccccc2C1(c1ccccc1)c1ccc(O)cc1. The van der Waals surface area contributed by atoms with Crippen LogP contribution >= 0.6 is 0 Å². The summed E-state index contributed by atoms with van der Waals surface area (Å²) in [5, 5.41) is 9.87. The standard InChI is InChI=1S/C27H21NO2/c29-23-17-15-22(16-18-23)27(21-11-5-2-6-12-21)24-13-7-8-14-25(24)28(26(27)30)19-20-9-3-1-4-10-20/h1-18,29H,19H2. The third-order valence-corrected chi connectivity index (χ3v) is 5.86. The van der Waals surface area contributed by atoms with Crippen LogP contribution in [0.25, 0.3) is 0 Å². The number of amides is 1. The predicted molar refractivity (Wildman–Crippen MR) is 119 cm³/mol. The van der Waals surface area contributed by atoms with Crippen molar-refractivity contribution in [2.24, 2.45) is 0 Å². The van der Waals surface area contributed by atoms with Crippen molar-refractivity contribution in [3.05, 3.63) is 131 Å². The van der Waals surface area contributed by atoms with E-state index in [0.29, 0.717) is 6.54 Å². The maximum Gasteiger partial charge on any atom is 0.247 e. The van der Waals surface area contributed by atoms with Crippen LogP contribution in [0.15, 0.2) is 109 Å². The van der Waals surface area contributed by atoms with Gasteiger partial charge in [0.1, 0.15) is 11.2 Å². The molecule has 30 heavy (non-hydrogen) atoms. The summed E-state index contributed by atoms with van der Waals surface area (Å²) >= 11 is 0. The number of aromatic hydroxyl groups is 1. The number of hydrogen-bond acceptors (Lipinski definition) is 2. The minimum absolute atomic E-state index is 0.0180. The van der Waals surface area contributed by atoms with Crippen LogP contribution in [0.3, 0.4) is 0 Å². The lowest BCUT2D eigenvalue weighted by atomic mass is 9.70. The van der Waals surface area contributed by atoms with Gasteiger partial charge in [-0.05, 0) is 34.9 Å². The third kappa shape index (κ3) is 2.71. The molecule has 0 saturated heterocycles. The van der Waals surface area contributed by atoms with Crippen LogP contribution in [-0.4, -0.2) is 11.0 Å². The van der Waals surface area contributed by atoms with Gasteiger partial charge in [-0.25, -0.2) is 0 Å². The molecule has 146 valence electrons. The van der Waals surface area contributed by atoms with Crippen LogP contribution in [0.4, 0.5) is 5.69 Å². The molecule has 0 fully saturated rings. The fourth-order valence-corrected chi connectivity index (χ4v) is 4.50. The van der Waals surface area contributed by atoms with Crippen molar-refractivity contribution in [3.63, 3.8) is 0 Å². The van der Waals surface area contributed by atoms with Gasteiger partial charge in [-0.2, -0.15) is 0 Å². The van der Waals surface area contributed by atoms with Gasteiger partial charge in [-0.15, -0.1) is 0 Å². The van der Waals surface area contributed by atoms with Crippen LogP contribution in [0.2, 0.25) is 0 Å². The second-order valence-corrected chi connectivity index (χ2v) is 7.56. The van der Waals surface area contributed by atoms with Gasteiger partial charge < -0.3 is 10.0 Å². The van der Waals surface area contributed by atoms with Gasteiger partial charge >= 0.3 is 0 Å². The van der Waals surface area contributed by atoms with Gasteiger partial charge in [0.05, 0.1) is 6.54 Å². The fraction of sp³-hybridized carbons (Fsp3) is 0.0741. The Hall–Kier alpha value is -3.85. The molecule has 0 aliphatic carbocycles. The van der Waals surface area contributed by atoms with Crippen LogP contribution < -0.4 is 4.90 Å². The average molecular weight is 391 g/mol. The lowest BCUT2D eigenvalue weighted by Gasteiger charge is -2.30. The molecule has 5 rings (SSSR count). The van der Waals surface area contributed by atoms with Crippen molar-refractivity contribution in [2.45, 2.75) is 12.0 Å². The minimum Gasteiger partial charge on any atom is -0.508 e. The van der Waals surface area contributed by atoms with Crippen molar-refractivity contribution < 1.29 is 9.90 Å². The molecule has 0 saturated carbocycles. The lowest BCUT2D eigenvalue weighted by Crippen LogP contribution is -2.42. The highest BCUT2D eigenvalue weighted by atomic mass is 16.3. The van der Waals surface area contributed by atoms with Crippen molar-refractivity contribution in [2.75, 3.05) is 4.90 Å². The first-order chi connectivity index (χ1) is 14.7. The van der Waals surface area contributed by atoms with E-state index >= 15 is 0 Å². The Bertz CT molecular complexity index is 1190. The topological polar surface area (TPSA) is 40.5 Å². The molecule has 3 nitrogen and oxygen atoms in total. The Morgan fingerprint density at radius 3 is 1.93 bits per heavy atom. The number of nitrogens with zero attached hydrogens (tertiary/aromatic N) is 1. The fourth-order valence-electron chi connectivity index (χ4n) is 4.50. The summed E-state index contributed by atoms with van der Waals surface area (Å²) in [5.74, 6) is 0.200. The largest absolute Gasteiger partial charge is 0.508 e.